The summed E-state index contributed by atoms with van der Waals surface area (Å²) >= 11 is 0. The van der Waals surface area contributed by atoms with Gasteiger partial charge in [-0.3, -0.25) is 9.69 Å². The van der Waals surface area contributed by atoms with E-state index >= 15 is 0 Å². The molecule has 1 N–H and O–H groups in total. The average Bonchev–Trinajstić information content (AvgIpc) is 2.90. The van der Waals surface area contributed by atoms with Gasteiger partial charge in [-0.1, -0.05) is 60.7 Å². The van der Waals surface area contributed by atoms with Crippen LogP contribution in [0.4, 0.5) is 4.79 Å². The minimum absolute atomic E-state index is 0.0278. The summed E-state index contributed by atoms with van der Waals surface area (Å²) in [5.41, 5.74) is 3.39. The van der Waals surface area contributed by atoms with Gasteiger partial charge in [0.25, 0.3) is 5.91 Å². The zero-order chi connectivity index (χ0) is 23.3. The second-order valence-electron chi connectivity index (χ2n) is 9.19. The molecule has 3 aromatic rings. The molecule has 0 unspecified atom stereocenters. The molecule has 3 aromatic carbocycles. The number of carbonyl (C=O) groups excluding carboxylic acids is 2. The molecule has 2 aliphatic heterocycles. The smallest absolute Gasteiger partial charge is 0.317 e. The molecule has 0 saturated carbocycles. The van der Waals surface area contributed by atoms with Crippen LogP contribution in [-0.2, 0) is 13.0 Å². The summed E-state index contributed by atoms with van der Waals surface area (Å²) in [5.74, 6) is 0.117. The zero-order valence-corrected chi connectivity index (χ0v) is 19.6. The zero-order valence-electron chi connectivity index (χ0n) is 19.6. The molecule has 0 aromatic heterocycles. The van der Waals surface area contributed by atoms with Gasteiger partial charge in [0.1, 0.15) is 0 Å². The van der Waals surface area contributed by atoms with Crippen LogP contribution in [-0.4, -0.2) is 72.5 Å². The van der Waals surface area contributed by atoms with Crippen LogP contribution in [0.1, 0.15) is 27.9 Å². The van der Waals surface area contributed by atoms with Crippen molar-refractivity contribution in [3.8, 4) is 0 Å². The first kappa shape index (κ1) is 22.4. The fraction of sp³-hybridized carbons (Fsp3) is 0.357. The largest absolute Gasteiger partial charge is 0.338 e. The first-order valence-corrected chi connectivity index (χ1v) is 12.3. The molecule has 6 heteroatoms. The molecular formula is C28H32N4O2. The monoisotopic (exact) mass is 456 g/mol. The van der Waals surface area contributed by atoms with Gasteiger partial charge in [-0.25, -0.2) is 4.79 Å². The topological polar surface area (TPSA) is 55.9 Å². The molecule has 0 aliphatic carbocycles. The average molecular weight is 457 g/mol. The third-order valence-corrected chi connectivity index (χ3v) is 7.02. The molecule has 2 aliphatic rings. The highest BCUT2D eigenvalue weighted by molar-refractivity contribution is 6.07. The molecule has 5 rings (SSSR count). The number of carbonyl (C=O) groups is 2. The lowest BCUT2D eigenvalue weighted by Crippen LogP contribution is -2.49. The van der Waals surface area contributed by atoms with Crippen molar-refractivity contribution in [1.82, 2.24) is 20.0 Å². The van der Waals surface area contributed by atoms with Gasteiger partial charge < -0.3 is 15.1 Å². The minimum atomic E-state index is 0.0278. The highest BCUT2D eigenvalue weighted by Gasteiger charge is 2.23. The summed E-state index contributed by atoms with van der Waals surface area (Å²) in [6.45, 7) is 6.28. The SMILES string of the molecule is O=C(NCCCN1CCN(C(=O)c2cccc3ccccc23)CC1)N1CCc2ccccc2C1. The van der Waals surface area contributed by atoms with E-state index in [4.69, 9.17) is 0 Å². The van der Waals surface area contributed by atoms with E-state index in [0.29, 0.717) is 13.1 Å². The second-order valence-corrected chi connectivity index (χ2v) is 9.19. The molecule has 6 nitrogen and oxygen atoms in total. The number of benzene rings is 3. The lowest BCUT2D eigenvalue weighted by atomic mass is 10.0. The lowest BCUT2D eigenvalue weighted by molar-refractivity contribution is 0.0637. The Hall–Kier alpha value is -3.38. The molecule has 0 radical (unpaired) electrons. The van der Waals surface area contributed by atoms with E-state index in [1.165, 1.54) is 11.1 Å². The summed E-state index contributed by atoms with van der Waals surface area (Å²) in [4.78, 5) is 32.0. The maximum Gasteiger partial charge on any atom is 0.317 e. The van der Waals surface area contributed by atoms with Crippen molar-refractivity contribution in [2.45, 2.75) is 19.4 Å². The third kappa shape index (κ3) is 4.92. The van der Waals surface area contributed by atoms with Gasteiger partial charge in [0.2, 0.25) is 0 Å². The number of rotatable bonds is 5. The van der Waals surface area contributed by atoms with E-state index in [0.717, 1.165) is 68.4 Å². The number of nitrogens with one attached hydrogen (secondary N) is 1. The van der Waals surface area contributed by atoms with Gasteiger partial charge in [-0.15, -0.1) is 0 Å². The number of hydrogen-bond acceptors (Lipinski definition) is 3. The molecule has 1 saturated heterocycles. The van der Waals surface area contributed by atoms with Crippen LogP contribution in [0, 0.1) is 0 Å². The summed E-state index contributed by atoms with van der Waals surface area (Å²) < 4.78 is 0. The van der Waals surface area contributed by atoms with Gasteiger partial charge in [0.05, 0.1) is 0 Å². The predicted molar refractivity (Wildman–Crippen MR) is 135 cm³/mol. The van der Waals surface area contributed by atoms with Gasteiger partial charge in [-0.05, 0) is 47.4 Å². The first-order chi connectivity index (χ1) is 16.7. The van der Waals surface area contributed by atoms with Crippen LogP contribution in [0.15, 0.2) is 66.7 Å². The van der Waals surface area contributed by atoms with Crippen LogP contribution < -0.4 is 5.32 Å². The van der Waals surface area contributed by atoms with E-state index in [1.807, 2.05) is 58.3 Å². The van der Waals surface area contributed by atoms with Crippen molar-refractivity contribution < 1.29 is 9.59 Å². The fourth-order valence-corrected chi connectivity index (χ4v) is 5.04. The number of amides is 3. The van der Waals surface area contributed by atoms with E-state index in [9.17, 15) is 9.59 Å². The number of piperazine rings is 1. The van der Waals surface area contributed by atoms with Crippen molar-refractivity contribution in [1.29, 1.82) is 0 Å². The molecule has 0 bridgehead atoms. The van der Waals surface area contributed by atoms with Crippen molar-refractivity contribution >= 4 is 22.7 Å². The Balaban J connectivity index is 1.04. The summed E-state index contributed by atoms with van der Waals surface area (Å²) in [6, 6.07) is 22.4. The fourth-order valence-electron chi connectivity index (χ4n) is 5.04. The van der Waals surface area contributed by atoms with E-state index in [2.05, 4.69) is 28.4 Å². The van der Waals surface area contributed by atoms with Gasteiger partial charge >= 0.3 is 6.03 Å². The van der Waals surface area contributed by atoms with E-state index in [1.54, 1.807) is 0 Å². The Morgan fingerprint density at radius 1 is 0.765 bits per heavy atom. The maximum atomic E-state index is 13.1. The molecular weight excluding hydrogens is 424 g/mol. The van der Waals surface area contributed by atoms with Crippen LogP contribution in [0.5, 0.6) is 0 Å². The Kier molecular flexibility index (Phi) is 6.77. The normalized spacial score (nSPS) is 16.4. The van der Waals surface area contributed by atoms with E-state index in [-0.39, 0.29) is 11.9 Å². The van der Waals surface area contributed by atoms with Crippen LogP contribution >= 0.6 is 0 Å². The van der Waals surface area contributed by atoms with E-state index < -0.39 is 0 Å². The molecule has 34 heavy (non-hydrogen) atoms. The van der Waals surface area contributed by atoms with Crippen molar-refractivity contribution in [2.24, 2.45) is 0 Å². The summed E-state index contributed by atoms with van der Waals surface area (Å²) in [5, 5.41) is 5.20. The number of fused-ring (bicyclic) bond motifs is 2. The summed E-state index contributed by atoms with van der Waals surface area (Å²) in [6.07, 6.45) is 1.83. The van der Waals surface area contributed by atoms with Crippen LogP contribution in [0.2, 0.25) is 0 Å². The first-order valence-electron chi connectivity index (χ1n) is 12.3. The Labute approximate surface area is 201 Å². The molecule has 176 valence electrons. The Morgan fingerprint density at radius 3 is 2.35 bits per heavy atom. The highest BCUT2D eigenvalue weighted by atomic mass is 16.2. The molecule has 2 heterocycles. The third-order valence-electron chi connectivity index (χ3n) is 7.02. The van der Waals surface area contributed by atoms with Gasteiger partial charge in [0.15, 0.2) is 0 Å². The second kappa shape index (κ2) is 10.3. The maximum absolute atomic E-state index is 13.1. The van der Waals surface area contributed by atoms with Crippen molar-refractivity contribution in [3.63, 3.8) is 0 Å². The number of nitrogens with zero attached hydrogens (tertiary/aromatic N) is 3. The number of urea groups is 1. The van der Waals surface area contributed by atoms with Crippen molar-refractivity contribution in [3.05, 3.63) is 83.4 Å². The molecule has 0 atom stereocenters. The standard InChI is InChI=1S/C28H32N4O2/c33-27(26-12-5-10-23-8-3-4-11-25(23)26)31-19-17-30(18-20-31)15-6-14-29-28(34)32-16-13-22-7-1-2-9-24(22)21-32/h1-5,7-12H,6,13-21H2,(H,29,34). The number of hydrogen-bond donors (Lipinski definition) is 1. The minimum Gasteiger partial charge on any atom is -0.338 e. The highest BCUT2D eigenvalue weighted by Crippen LogP contribution is 2.21. The molecule has 0 spiro atoms. The lowest BCUT2D eigenvalue weighted by Gasteiger charge is -2.35. The van der Waals surface area contributed by atoms with Gasteiger partial charge in [0, 0.05) is 51.4 Å². The Bertz CT molecular complexity index is 1160. The Morgan fingerprint density at radius 2 is 1.50 bits per heavy atom. The summed E-state index contributed by atoms with van der Waals surface area (Å²) in [7, 11) is 0. The van der Waals surface area contributed by atoms with Crippen molar-refractivity contribution in [2.75, 3.05) is 45.8 Å². The molecule has 1 fully saturated rings. The van der Waals surface area contributed by atoms with Crippen LogP contribution in [0.3, 0.4) is 0 Å². The predicted octanol–water partition coefficient (Wildman–Crippen LogP) is 3.76. The van der Waals surface area contributed by atoms with Crippen LogP contribution in [0.25, 0.3) is 10.8 Å². The molecule has 3 amide bonds. The van der Waals surface area contributed by atoms with Gasteiger partial charge in [-0.2, -0.15) is 0 Å². The quantitative estimate of drug-likeness (QED) is 0.595.